The van der Waals surface area contributed by atoms with Gasteiger partial charge in [0.05, 0.1) is 0 Å². The van der Waals surface area contributed by atoms with Gasteiger partial charge in [0, 0.05) is 16.8 Å². The van der Waals surface area contributed by atoms with Crippen LogP contribution in [0.2, 0.25) is 0 Å². The van der Waals surface area contributed by atoms with Gasteiger partial charge in [0.15, 0.2) is 0 Å². The minimum absolute atomic E-state index is 0.0568. The summed E-state index contributed by atoms with van der Waals surface area (Å²) in [6, 6.07) is 0. The van der Waals surface area contributed by atoms with Gasteiger partial charge in [0.1, 0.15) is 0 Å². The first-order valence-electron chi connectivity index (χ1n) is 3.86. The van der Waals surface area contributed by atoms with Crippen molar-refractivity contribution in [3.05, 3.63) is 0 Å². The van der Waals surface area contributed by atoms with E-state index in [0.29, 0.717) is 0 Å². The van der Waals surface area contributed by atoms with Crippen molar-refractivity contribution in [3.8, 4) is 0 Å². The van der Waals surface area contributed by atoms with E-state index >= 15 is 0 Å². The third-order valence-corrected chi connectivity index (χ3v) is 3.42. The lowest BCUT2D eigenvalue weighted by atomic mass is 10.1. The molecule has 0 fully saturated rings. The molecule has 8 heteroatoms. The Morgan fingerprint density at radius 3 is 2.20 bits per heavy atom. The lowest BCUT2D eigenvalue weighted by Crippen LogP contribution is -2.36. The number of halogens is 6. The van der Waals surface area contributed by atoms with Gasteiger partial charge in [-0.2, -0.15) is 8.78 Å². The van der Waals surface area contributed by atoms with Crippen molar-refractivity contribution in [2.24, 2.45) is 0 Å². The van der Waals surface area contributed by atoms with E-state index in [-0.39, 0.29) is 12.8 Å². The predicted octanol–water partition coefficient (Wildman–Crippen LogP) is 3.78. The second-order valence-corrected chi connectivity index (χ2v) is 5.77. The van der Waals surface area contributed by atoms with Gasteiger partial charge in [-0.25, -0.2) is 4.39 Å². The first-order chi connectivity index (χ1) is 6.56. The Kier molecular flexibility index (Phi) is 5.99. The molecular formula is C7H8Cl2F3IO2. The van der Waals surface area contributed by atoms with Gasteiger partial charge in [0.25, 0.3) is 5.13 Å². The van der Waals surface area contributed by atoms with Gasteiger partial charge in [-0.3, -0.25) is 4.79 Å². The van der Waals surface area contributed by atoms with Crippen LogP contribution in [0.3, 0.4) is 0 Å². The van der Waals surface area contributed by atoms with Crippen LogP contribution >= 0.6 is 45.8 Å². The molecule has 0 bridgehead atoms. The Bertz CT molecular complexity index is 233. The second kappa shape index (κ2) is 5.77. The monoisotopic (exact) mass is 378 g/mol. The van der Waals surface area contributed by atoms with Crippen molar-refractivity contribution in [2.45, 2.75) is 33.7 Å². The van der Waals surface area contributed by atoms with Crippen LogP contribution in [0.15, 0.2) is 0 Å². The largest absolute Gasteiger partial charge is 0.481 e. The second-order valence-electron chi connectivity index (χ2n) is 2.94. The molecule has 1 N–H and O–H groups in total. The van der Waals surface area contributed by atoms with Crippen molar-refractivity contribution in [3.63, 3.8) is 0 Å². The van der Waals surface area contributed by atoms with E-state index in [2.05, 4.69) is 11.6 Å². The van der Waals surface area contributed by atoms with Crippen LogP contribution in [0, 0.1) is 0 Å². The molecule has 0 saturated carbocycles. The molecule has 0 aromatic heterocycles. The van der Waals surface area contributed by atoms with Crippen LogP contribution in [-0.4, -0.2) is 25.5 Å². The van der Waals surface area contributed by atoms with Gasteiger partial charge in [-0.15, -0.1) is 0 Å². The molecule has 0 rings (SSSR count). The van der Waals surface area contributed by atoms with Crippen LogP contribution < -0.4 is 0 Å². The number of rotatable bonds is 6. The normalized spacial score (nSPS) is 18.3. The topological polar surface area (TPSA) is 37.3 Å². The molecule has 0 aliphatic carbocycles. The summed E-state index contributed by atoms with van der Waals surface area (Å²) in [6.07, 6.45) is -0.880. The van der Waals surface area contributed by atoms with E-state index in [1.54, 1.807) is 22.6 Å². The Morgan fingerprint density at radius 2 is 1.87 bits per heavy atom. The summed E-state index contributed by atoms with van der Waals surface area (Å²) in [7, 11) is 0. The maximum Gasteiger partial charge on any atom is 0.369 e. The zero-order valence-corrected chi connectivity index (χ0v) is 11.0. The average Bonchev–Trinajstić information content (AvgIpc) is 1.97. The first kappa shape index (κ1) is 15.6. The van der Waals surface area contributed by atoms with Crippen molar-refractivity contribution < 1.29 is 23.1 Å². The predicted molar refractivity (Wildman–Crippen MR) is 59.8 cm³/mol. The maximum absolute atomic E-state index is 13.1. The number of hydrogen-bond donors (Lipinski definition) is 1. The van der Waals surface area contributed by atoms with Gasteiger partial charge in [-0.05, 0) is 18.0 Å². The van der Waals surface area contributed by atoms with Gasteiger partial charge in [-0.1, -0.05) is 34.2 Å². The lowest BCUT2D eigenvalue weighted by molar-refractivity contribution is -0.137. The first-order valence-corrected chi connectivity index (χ1v) is 5.87. The molecule has 0 aliphatic rings. The molecule has 0 aromatic carbocycles. The number of hydrogen-bond acceptors (Lipinski definition) is 1. The number of aliphatic carboxylic acids is 1. The molecule has 90 valence electrons. The molecule has 0 radical (unpaired) electrons. The number of carboxylic acid groups (broad SMARTS) is 1. The SMILES string of the molecule is O=C(O)CCC(I)CC(F)(Cl)C(F)(F)Cl. The van der Waals surface area contributed by atoms with Crippen LogP contribution in [0.25, 0.3) is 0 Å². The van der Waals surface area contributed by atoms with Crippen LogP contribution in [0.1, 0.15) is 19.3 Å². The Morgan fingerprint density at radius 1 is 1.40 bits per heavy atom. The fraction of sp³-hybridized carbons (Fsp3) is 0.857. The van der Waals surface area contributed by atoms with Crippen LogP contribution in [0.4, 0.5) is 13.2 Å². The highest BCUT2D eigenvalue weighted by Crippen LogP contribution is 2.44. The standard InChI is InChI=1S/C7H8Cl2F3IO2/c8-6(10,7(9,11)12)3-4(13)1-2-5(14)15/h4H,1-3H2,(H,14,15). The van der Waals surface area contributed by atoms with E-state index in [9.17, 15) is 18.0 Å². The zero-order chi connectivity index (χ0) is 12.3. The Labute approximate surface area is 108 Å². The fourth-order valence-corrected chi connectivity index (χ4v) is 2.22. The van der Waals surface area contributed by atoms with E-state index < -0.39 is 26.8 Å². The summed E-state index contributed by atoms with van der Waals surface area (Å²) in [5.74, 6) is -1.08. The molecule has 2 nitrogen and oxygen atoms in total. The molecule has 0 aliphatic heterocycles. The summed E-state index contributed by atoms with van der Waals surface area (Å²) < 4.78 is 37.3. The summed E-state index contributed by atoms with van der Waals surface area (Å²) in [6.45, 7) is 0. The number of carboxylic acids is 1. The third kappa shape index (κ3) is 6.01. The minimum atomic E-state index is -4.17. The average molecular weight is 379 g/mol. The highest BCUT2D eigenvalue weighted by Gasteiger charge is 2.53. The lowest BCUT2D eigenvalue weighted by Gasteiger charge is -2.24. The summed E-state index contributed by atoms with van der Waals surface area (Å²) >= 11 is 11.1. The minimum Gasteiger partial charge on any atom is -0.481 e. The maximum atomic E-state index is 13.1. The molecule has 0 amide bonds. The Hall–Kier alpha value is 0.570. The van der Waals surface area contributed by atoms with E-state index in [1.807, 2.05) is 0 Å². The number of alkyl halides is 6. The van der Waals surface area contributed by atoms with Crippen molar-refractivity contribution in [1.82, 2.24) is 0 Å². The zero-order valence-electron chi connectivity index (χ0n) is 7.32. The highest BCUT2D eigenvalue weighted by atomic mass is 127. The summed E-state index contributed by atoms with van der Waals surface area (Å²) in [5, 5.41) is 0.803. The van der Waals surface area contributed by atoms with Crippen molar-refractivity contribution >= 4 is 51.8 Å². The van der Waals surface area contributed by atoms with Gasteiger partial charge >= 0.3 is 11.4 Å². The van der Waals surface area contributed by atoms with E-state index in [1.165, 1.54) is 0 Å². The smallest absolute Gasteiger partial charge is 0.369 e. The molecule has 0 heterocycles. The molecule has 0 aromatic rings. The molecule has 15 heavy (non-hydrogen) atoms. The van der Waals surface area contributed by atoms with Crippen LogP contribution in [-0.2, 0) is 4.79 Å². The summed E-state index contributed by atoms with van der Waals surface area (Å²) in [5.41, 5.74) is 0. The van der Waals surface area contributed by atoms with Crippen molar-refractivity contribution in [2.75, 3.05) is 0 Å². The third-order valence-electron chi connectivity index (χ3n) is 1.56. The highest BCUT2D eigenvalue weighted by molar-refractivity contribution is 14.1. The Balaban J connectivity index is 4.16. The molecule has 2 unspecified atom stereocenters. The van der Waals surface area contributed by atoms with Crippen LogP contribution in [0.5, 0.6) is 0 Å². The van der Waals surface area contributed by atoms with E-state index in [4.69, 9.17) is 16.7 Å². The fourth-order valence-electron chi connectivity index (χ4n) is 0.776. The van der Waals surface area contributed by atoms with E-state index in [0.717, 1.165) is 0 Å². The molecule has 0 spiro atoms. The molecule has 2 atom stereocenters. The summed E-state index contributed by atoms with van der Waals surface area (Å²) in [4.78, 5) is 10.2. The molecular weight excluding hydrogens is 371 g/mol. The number of carbonyl (C=O) groups is 1. The van der Waals surface area contributed by atoms with Gasteiger partial charge in [0.2, 0.25) is 0 Å². The van der Waals surface area contributed by atoms with Gasteiger partial charge < -0.3 is 5.11 Å². The quantitative estimate of drug-likeness (QED) is 0.564. The van der Waals surface area contributed by atoms with Crippen molar-refractivity contribution in [1.29, 1.82) is 0 Å². The molecule has 0 saturated heterocycles.